The van der Waals surface area contributed by atoms with E-state index in [1.165, 1.54) is 10.4 Å². The number of sulfonamides is 1. The number of unbranched alkanes of at least 4 members (excludes halogenated alkanes) is 1. The van der Waals surface area contributed by atoms with Gasteiger partial charge in [0.25, 0.3) is 5.91 Å². The molecule has 3 rings (SSSR count). The average Bonchev–Trinajstić information content (AvgIpc) is 2.85. The first-order valence-electron chi connectivity index (χ1n) is 11.8. The minimum Gasteiger partial charge on any atom is -0.487 e. The highest BCUT2D eigenvalue weighted by Gasteiger charge is 2.38. The Kier molecular flexibility index (Phi) is 8.89. The number of pyridine rings is 1. The summed E-state index contributed by atoms with van der Waals surface area (Å²) in [6, 6.07) is 7.51. The average molecular weight is 500 g/mol. The summed E-state index contributed by atoms with van der Waals surface area (Å²) in [6.07, 6.45) is 4.29. The molecule has 2 aromatic rings. The Morgan fingerprint density at radius 2 is 2.03 bits per heavy atom. The first-order valence-corrected chi connectivity index (χ1v) is 13.2. The Labute approximate surface area is 208 Å². The van der Waals surface area contributed by atoms with E-state index >= 15 is 0 Å². The second-order valence-corrected chi connectivity index (χ2v) is 10.7. The predicted molar refractivity (Wildman–Crippen MR) is 133 cm³/mol. The van der Waals surface area contributed by atoms with Gasteiger partial charge in [-0.2, -0.15) is 4.31 Å². The van der Waals surface area contributed by atoms with E-state index in [0.717, 1.165) is 12.8 Å². The zero-order valence-corrected chi connectivity index (χ0v) is 21.5. The summed E-state index contributed by atoms with van der Waals surface area (Å²) < 4.78 is 34.7. The van der Waals surface area contributed by atoms with Gasteiger partial charge in [0.05, 0.1) is 13.2 Å². The Bertz CT molecular complexity index is 1190. The lowest BCUT2D eigenvalue weighted by Gasteiger charge is -2.37. The van der Waals surface area contributed by atoms with Crippen LogP contribution >= 0.6 is 0 Å². The van der Waals surface area contributed by atoms with Crippen LogP contribution in [0.1, 0.15) is 49.5 Å². The minimum absolute atomic E-state index is 0.0267. The molecule has 9 heteroatoms. The van der Waals surface area contributed by atoms with Gasteiger partial charge >= 0.3 is 0 Å². The SMILES string of the molecule is CCCC#Cc1ccc2c(c1)O[C@H](CN(C)C(=O)c1ccncc1)[C@H](C)CN([C@H](C)CO)S2(=O)=O. The number of fused-ring (bicyclic) bond motifs is 1. The van der Waals surface area contributed by atoms with Gasteiger partial charge < -0.3 is 14.7 Å². The molecule has 0 spiro atoms. The lowest BCUT2D eigenvalue weighted by molar-refractivity contribution is 0.0563. The normalized spacial score (nSPS) is 20.3. The van der Waals surface area contributed by atoms with Crippen LogP contribution in [0.5, 0.6) is 5.75 Å². The lowest BCUT2D eigenvalue weighted by atomic mass is 10.0. The molecule has 188 valence electrons. The van der Waals surface area contributed by atoms with Gasteiger partial charge in [-0.1, -0.05) is 25.7 Å². The Morgan fingerprint density at radius 3 is 2.69 bits per heavy atom. The number of amides is 1. The van der Waals surface area contributed by atoms with Crippen molar-refractivity contribution in [2.75, 3.05) is 26.7 Å². The van der Waals surface area contributed by atoms with E-state index in [1.807, 2.05) is 13.8 Å². The molecule has 3 atom stereocenters. The van der Waals surface area contributed by atoms with E-state index in [-0.39, 0.29) is 42.2 Å². The van der Waals surface area contributed by atoms with Crippen molar-refractivity contribution in [2.45, 2.75) is 50.7 Å². The molecule has 0 fully saturated rings. The number of benzene rings is 1. The summed E-state index contributed by atoms with van der Waals surface area (Å²) in [7, 11) is -2.24. The number of hydrogen-bond donors (Lipinski definition) is 1. The summed E-state index contributed by atoms with van der Waals surface area (Å²) >= 11 is 0. The molecule has 1 amide bonds. The van der Waals surface area contributed by atoms with Crippen LogP contribution in [0.2, 0.25) is 0 Å². The highest BCUT2D eigenvalue weighted by molar-refractivity contribution is 7.89. The third kappa shape index (κ3) is 6.20. The lowest BCUT2D eigenvalue weighted by Crippen LogP contribution is -2.50. The summed E-state index contributed by atoms with van der Waals surface area (Å²) in [6.45, 7) is 5.67. The molecule has 0 radical (unpaired) electrons. The smallest absolute Gasteiger partial charge is 0.253 e. The van der Waals surface area contributed by atoms with Gasteiger partial charge in [-0.15, -0.1) is 0 Å². The summed E-state index contributed by atoms with van der Waals surface area (Å²) in [4.78, 5) is 18.5. The Hall–Kier alpha value is -2.93. The molecule has 0 bridgehead atoms. The van der Waals surface area contributed by atoms with E-state index in [9.17, 15) is 18.3 Å². The molecule has 8 nitrogen and oxygen atoms in total. The molecule has 0 saturated carbocycles. The fraction of sp³-hybridized carbons (Fsp3) is 0.462. The standard InChI is InChI=1S/C26H33N3O5S/c1-5-6-7-8-21-9-10-25-23(15-21)34-24(17-28(4)26(31)22-11-13-27-14-12-22)19(2)16-29(20(3)18-30)35(25,32)33/h9-15,19-20,24,30H,5-6,16-18H2,1-4H3/t19-,20-,24-/m1/s1. The number of nitrogens with zero attached hydrogens (tertiary/aromatic N) is 3. The van der Waals surface area contributed by atoms with E-state index < -0.39 is 22.2 Å². The number of aliphatic hydroxyl groups excluding tert-OH is 1. The van der Waals surface area contributed by atoms with Crippen LogP contribution in [0.3, 0.4) is 0 Å². The van der Waals surface area contributed by atoms with Gasteiger partial charge in [-0.05, 0) is 43.7 Å². The van der Waals surface area contributed by atoms with Crippen LogP contribution < -0.4 is 4.74 Å². The van der Waals surface area contributed by atoms with Gasteiger partial charge in [-0.3, -0.25) is 9.78 Å². The van der Waals surface area contributed by atoms with Crippen LogP contribution in [0, 0.1) is 17.8 Å². The van der Waals surface area contributed by atoms with Crippen LogP contribution in [-0.2, 0) is 10.0 Å². The van der Waals surface area contributed by atoms with Crippen molar-refractivity contribution in [1.29, 1.82) is 0 Å². The summed E-state index contributed by atoms with van der Waals surface area (Å²) in [5, 5.41) is 9.78. The molecule has 0 aliphatic carbocycles. The summed E-state index contributed by atoms with van der Waals surface area (Å²) in [5.74, 6) is 5.88. The molecule has 35 heavy (non-hydrogen) atoms. The van der Waals surface area contributed by atoms with Crippen LogP contribution in [0.25, 0.3) is 0 Å². The van der Waals surface area contributed by atoms with Crippen molar-refractivity contribution in [2.24, 2.45) is 5.92 Å². The van der Waals surface area contributed by atoms with Crippen LogP contribution in [0.15, 0.2) is 47.6 Å². The van der Waals surface area contributed by atoms with E-state index in [4.69, 9.17) is 4.74 Å². The number of ether oxygens (including phenoxy) is 1. The van der Waals surface area contributed by atoms with Gasteiger partial charge in [0.1, 0.15) is 16.7 Å². The maximum absolute atomic E-state index is 13.5. The zero-order chi connectivity index (χ0) is 25.6. The first kappa shape index (κ1) is 26.7. The number of carbonyl (C=O) groups excluding carboxylic acids is 1. The Morgan fingerprint density at radius 1 is 1.31 bits per heavy atom. The molecule has 1 aromatic heterocycles. The van der Waals surface area contributed by atoms with Crippen molar-refractivity contribution in [1.82, 2.24) is 14.2 Å². The second-order valence-electron chi connectivity index (χ2n) is 8.87. The molecular weight excluding hydrogens is 466 g/mol. The Balaban J connectivity index is 2.01. The number of hydrogen-bond acceptors (Lipinski definition) is 6. The van der Waals surface area contributed by atoms with Crippen LogP contribution in [0.4, 0.5) is 0 Å². The number of carbonyl (C=O) groups is 1. The van der Waals surface area contributed by atoms with Gasteiger partial charge in [-0.25, -0.2) is 8.42 Å². The van der Waals surface area contributed by atoms with Gasteiger partial charge in [0, 0.05) is 55.5 Å². The predicted octanol–water partition coefficient (Wildman–Crippen LogP) is 2.77. The monoisotopic (exact) mass is 499 g/mol. The van der Waals surface area contributed by atoms with Gasteiger partial charge in [0.2, 0.25) is 10.0 Å². The highest BCUT2D eigenvalue weighted by Crippen LogP contribution is 2.34. The number of likely N-dealkylation sites (N-methyl/N-ethyl adjacent to an activating group) is 1. The number of aliphatic hydroxyl groups is 1. The molecular formula is C26H33N3O5S. The fourth-order valence-electron chi connectivity index (χ4n) is 3.88. The number of rotatable bonds is 6. The van der Waals surface area contributed by atoms with Crippen molar-refractivity contribution >= 4 is 15.9 Å². The van der Waals surface area contributed by atoms with E-state index in [0.29, 0.717) is 11.1 Å². The molecule has 1 aliphatic heterocycles. The molecule has 1 N–H and O–H groups in total. The maximum Gasteiger partial charge on any atom is 0.253 e. The van der Waals surface area contributed by atoms with Crippen molar-refractivity contribution < 1.29 is 23.1 Å². The van der Waals surface area contributed by atoms with E-state index in [2.05, 4.69) is 16.8 Å². The quantitative estimate of drug-likeness (QED) is 0.614. The largest absolute Gasteiger partial charge is 0.487 e. The third-order valence-electron chi connectivity index (χ3n) is 6.00. The van der Waals surface area contributed by atoms with Crippen molar-refractivity contribution in [3.05, 3.63) is 53.9 Å². The van der Waals surface area contributed by atoms with Crippen molar-refractivity contribution in [3.8, 4) is 17.6 Å². The van der Waals surface area contributed by atoms with Crippen molar-refractivity contribution in [3.63, 3.8) is 0 Å². The number of aromatic nitrogens is 1. The zero-order valence-electron chi connectivity index (χ0n) is 20.6. The minimum atomic E-state index is -3.93. The molecule has 1 aliphatic rings. The third-order valence-corrected chi connectivity index (χ3v) is 8.02. The summed E-state index contributed by atoms with van der Waals surface area (Å²) in [5.41, 5.74) is 1.16. The van der Waals surface area contributed by atoms with Gasteiger partial charge in [0.15, 0.2) is 0 Å². The first-order chi connectivity index (χ1) is 16.7. The fourth-order valence-corrected chi connectivity index (χ4v) is 5.70. The molecule has 1 aromatic carbocycles. The second kappa shape index (κ2) is 11.7. The van der Waals surface area contributed by atoms with E-state index in [1.54, 1.807) is 55.5 Å². The van der Waals surface area contributed by atoms with Crippen LogP contribution in [-0.4, -0.2) is 72.5 Å². The topological polar surface area (TPSA) is 100 Å². The molecule has 2 heterocycles. The maximum atomic E-state index is 13.5. The molecule has 0 saturated heterocycles. The molecule has 0 unspecified atom stereocenters. The highest BCUT2D eigenvalue weighted by atomic mass is 32.2.